The minimum Gasteiger partial charge on any atom is -0.437 e. The number of pyridine rings is 1. The largest absolute Gasteiger partial charge is 0.437 e. The van der Waals surface area contributed by atoms with Crippen LogP contribution in [-0.4, -0.2) is 9.97 Å². The van der Waals surface area contributed by atoms with Crippen molar-refractivity contribution in [2.24, 2.45) is 0 Å². The summed E-state index contributed by atoms with van der Waals surface area (Å²) in [6.45, 7) is 2.00. The standard InChI is InChI=1S/C23H17F2N3O/c1-15-9-10-26-22(11-15)28-19-4-2-3-17(12-19)21-14-27-23(29-21)8-6-16-5-7-18(24)13-20(16)25/h2-14H,1H3,(H,26,28)/b8-6+. The molecule has 0 spiro atoms. The first-order chi connectivity index (χ1) is 14.1. The first-order valence-corrected chi connectivity index (χ1v) is 8.96. The van der Waals surface area contributed by atoms with Crippen molar-refractivity contribution >= 4 is 23.7 Å². The molecule has 0 aliphatic rings. The molecule has 2 heterocycles. The summed E-state index contributed by atoms with van der Waals surface area (Å²) in [5.41, 5.74) is 3.07. The van der Waals surface area contributed by atoms with Crippen LogP contribution in [0.25, 0.3) is 23.5 Å². The van der Waals surface area contributed by atoms with E-state index in [-0.39, 0.29) is 5.56 Å². The number of aryl methyl sites for hydroxylation is 1. The van der Waals surface area contributed by atoms with Crippen molar-refractivity contribution in [2.75, 3.05) is 5.32 Å². The molecule has 0 unspecified atom stereocenters. The smallest absolute Gasteiger partial charge is 0.219 e. The van der Waals surface area contributed by atoms with Crippen LogP contribution in [0.3, 0.4) is 0 Å². The van der Waals surface area contributed by atoms with Gasteiger partial charge in [-0.15, -0.1) is 0 Å². The van der Waals surface area contributed by atoms with Crippen LogP contribution in [0.5, 0.6) is 0 Å². The SMILES string of the molecule is Cc1ccnc(Nc2cccc(-c3cnc(/C=C/c4ccc(F)cc4F)o3)c2)c1. The van der Waals surface area contributed by atoms with Crippen molar-refractivity contribution in [2.45, 2.75) is 6.92 Å². The second-order valence-corrected chi connectivity index (χ2v) is 6.49. The van der Waals surface area contributed by atoms with E-state index in [1.165, 1.54) is 18.2 Å². The van der Waals surface area contributed by atoms with Crippen molar-refractivity contribution in [1.82, 2.24) is 9.97 Å². The van der Waals surface area contributed by atoms with Gasteiger partial charge in [-0.3, -0.25) is 0 Å². The number of oxazole rings is 1. The number of nitrogens with zero attached hydrogens (tertiary/aromatic N) is 2. The maximum absolute atomic E-state index is 13.7. The minimum atomic E-state index is -0.642. The van der Waals surface area contributed by atoms with Crippen molar-refractivity contribution in [3.05, 3.63) is 95.6 Å². The predicted molar refractivity (Wildman–Crippen MR) is 109 cm³/mol. The van der Waals surface area contributed by atoms with Gasteiger partial charge in [0.15, 0.2) is 5.76 Å². The van der Waals surface area contributed by atoms with Gasteiger partial charge >= 0.3 is 0 Å². The van der Waals surface area contributed by atoms with Crippen LogP contribution in [0, 0.1) is 18.6 Å². The third kappa shape index (κ3) is 4.55. The Balaban J connectivity index is 1.52. The minimum absolute atomic E-state index is 0.253. The lowest BCUT2D eigenvalue weighted by molar-refractivity contribution is 0.560. The molecule has 4 nitrogen and oxygen atoms in total. The Bertz CT molecular complexity index is 1180. The molecule has 2 aromatic carbocycles. The van der Waals surface area contributed by atoms with Crippen LogP contribution in [0.1, 0.15) is 17.0 Å². The third-order valence-corrected chi connectivity index (χ3v) is 4.23. The molecule has 2 aromatic heterocycles. The van der Waals surface area contributed by atoms with Crippen LogP contribution < -0.4 is 5.32 Å². The molecule has 0 amide bonds. The average molecular weight is 389 g/mol. The second kappa shape index (κ2) is 8.06. The van der Waals surface area contributed by atoms with Crippen LogP contribution in [0.2, 0.25) is 0 Å². The molecule has 0 bridgehead atoms. The topological polar surface area (TPSA) is 51.0 Å². The second-order valence-electron chi connectivity index (χ2n) is 6.49. The number of hydrogen-bond donors (Lipinski definition) is 1. The zero-order chi connectivity index (χ0) is 20.2. The summed E-state index contributed by atoms with van der Waals surface area (Å²) < 4.78 is 32.4. The number of nitrogens with one attached hydrogen (secondary N) is 1. The highest BCUT2D eigenvalue weighted by molar-refractivity contribution is 5.69. The molecule has 0 aliphatic heterocycles. The summed E-state index contributed by atoms with van der Waals surface area (Å²) in [4.78, 5) is 8.49. The van der Waals surface area contributed by atoms with Gasteiger partial charge in [0, 0.05) is 35.2 Å². The first kappa shape index (κ1) is 18.6. The Morgan fingerprint density at radius 2 is 1.86 bits per heavy atom. The molecule has 1 N–H and O–H groups in total. The van der Waals surface area contributed by atoms with Gasteiger partial charge in [-0.1, -0.05) is 12.1 Å². The van der Waals surface area contributed by atoms with Crippen LogP contribution in [0.4, 0.5) is 20.3 Å². The fourth-order valence-corrected chi connectivity index (χ4v) is 2.80. The van der Waals surface area contributed by atoms with Crippen LogP contribution in [-0.2, 0) is 0 Å². The highest BCUT2D eigenvalue weighted by atomic mass is 19.1. The summed E-state index contributed by atoms with van der Waals surface area (Å²) in [7, 11) is 0. The fraction of sp³-hybridized carbons (Fsp3) is 0.0435. The number of benzene rings is 2. The van der Waals surface area contributed by atoms with E-state index in [4.69, 9.17) is 4.42 Å². The summed E-state index contributed by atoms with van der Waals surface area (Å²) in [5, 5.41) is 3.26. The Kier molecular flexibility index (Phi) is 5.16. The molecule has 0 radical (unpaired) electrons. The van der Waals surface area contributed by atoms with Crippen molar-refractivity contribution in [3.8, 4) is 11.3 Å². The molecule has 0 aliphatic carbocycles. The van der Waals surface area contributed by atoms with Gasteiger partial charge < -0.3 is 9.73 Å². The molecule has 144 valence electrons. The molecule has 0 saturated carbocycles. The van der Waals surface area contributed by atoms with E-state index in [0.29, 0.717) is 11.7 Å². The molecular weight excluding hydrogens is 372 g/mol. The van der Waals surface area contributed by atoms with Crippen molar-refractivity contribution < 1.29 is 13.2 Å². The summed E-state index contributed by atoms with van der Waals surface area (Å²) in [6, 6.07) is 15.0. The number of aromatic nitrogens is 2. The van der Waals surface area contributed by atoms with Crippen molar-refractivity contribution in [1.29, 1.82) is 0 Å². The summed E-state index contributed by atoms with van der Waals surface area (Å²) >= 11 is 0. The molecule has 29 heavy (non-hydrogen) atoms. The number of halogens is 2. The molecule has 0 saturated heterocycles. The molecular formula is C23H17F2N3O. The quantitative estimate of drug-likeness (QED) is 0.439. The molecule has 0 atom stereocenters. The maximum Gasteiger partial charge on any atom is 0.219 e. The van der Waals surface area contributed by atoms with E-state index < -0.39 is 11.6 Å². The van der Waals surface area contributed by atoms with Gasteiger partial charge in [-0.2, -0.15) is 0 Å². The molecule has 6 heteroatoms. The van der Waals surface area contributed by atoms with E-state index in [9.17, 15) is 8.78 Å². The number of hydrogen-bond acceptors (Lipinski definition) is 4. The zero-order valence-electron chi connectivity index (χ0n) is 15.6. The van der Waals surface area contributed by atoms with Gasteiger partial charge in [-0.25, -0.2) is 18.7 Å². The van der Waals surface area contributed by atoms with Crippen molar-refractivity contribution in [3.63, 3.8) is 0 Å². The maximum atomic E-state index is 13.7. The third-order valence-electron chi connectivity index (χ3n) is 4.23. The van der Waals surface area contributed by atoms with Gasteiger partial charge in [0.1, 0.15) is 17.5 Å². The number of rotatable bonds is 5. The summed E-state index contributed by atoms with van der Waals surface area (Å²) in [5.74, 6) is 0.390. The van der Waals surface area contributed by atoms with E-state index >= 15 is 0 Å². The molecule has 0 fully saturated rings. The first-order valence-electron chi connectivity index (χ1n) is 8.96. The average Bonchev–Trinajstić information content (AvgIpc) is 3.17. The van der Waals surface area contributed by atoms with E-state index in [0.717, 1.165) is 28.7 Å². The predicted octanol–water partition coefficient (Wildman–Crippen LogP) is 6.24. The zero-order valence-corrected chi connectivity index (χ0v) is 15.6. The van der Waals surface area contributed by atoms with Crippen LogP contribution >= 0.6 is 0 Å². The van der Waals surface area contributed by atoms with Crippen LogP contribution in [0.15, 0.2) is 71.4 Å². The Labute approximate surface area is 166 Å². The van der Waals surface area contributed by atoms with Gasteiger partial charge in [0.25, 0.3) is 0 Å². The lowest BCUT2D eigenvalue weighted by Crippen LogP contribution is -1.93. The Hall–Kier alpha value is -3.80. The number of anilines is 2. The lowest BCUT2D eigenvalue weighted by Gasteiger charge is -2.07. The highest BCUT2D eigenvalue weighted by Crippen LogP contribution is 2.26. The molecule has 4 aromatic rings. The summed E-state index contributed by atoms with van der Waals surface area (Å²) in [6.07, 6.45) is 6.38. The monoisotopic (exact) mass is 389 g/mol. The van der Waals surface area contributed by atoms with Gasteiger partial charge in [-0.05, 0) is 55.0 Å². The van der Waals surface area contributed by atoms with E-state index in [2.05, 4.69) is 15.3 Å². The lowest BCUT2D eigenvalue weighted by atomic mass is 10.1. The van der Waals surface area contributed by atoms with E-state index in [1.54, 1.807) is 18.5 Å². The normalized spacial score (nSPS) is 11.1. The Morgan fingerprint density at radius 3 is 2.69 bits per heavy atom. The molecule has 4 rings (SSSR count). The van der Waals surface area contributed by atoms with Gasteiger partial charge in [0.05, 0.1) is 6.20 Å². The highest BCUT2D eigenvalue weighted by Gasteiger charge is 2.07. The Morgan fingerprint density at radius 1 is 0.966 bits per heavy atom. The van der Waals surface area contributed by atoms with E-state index in [1.807, 2.05) is 43.3 Å². The van der Waals surface area contributed by atoms with Gasteiger partial charge in [0.2, 0.25) is 5.89 Å². The fourth-order valence-electron chi connectivity index (χ4n) is 2.80.